The highest BCUT2D eigenvalue weighted by Crippen LogP contribution is 2.31. The summed E-state index contributed by atoms with van der Waals surface area (Å²) in [5.41, 5.74) is -0.991. The summed E-state index contributed by atoms with van der Waals surface area (Å²) in [4.78, 5) is 14.5. The van der Waals surface area contributed by atoms with Crippen LogP contribution >= 0.6 is 11.3 Å². The van der Waals surface area contributed by atoms with Crippen LogP contribution in [0.5, 0.6) is 0 Å². The minimum Gasteiger partial charge on any atom is -0.385 e. The number of hydrogen-bond acceptors (Lipinski definition) is 4. The number of ether oxygens (including phenoxy) is 1. The van der Waals surface area contributed by atoms with E-state index >= 15 is 0 Å². The van der Waals surface area contributed by atoms with Crippen LogP contribution in [0.2, 0.25) is 0 Å². The van der Waals surface area contributed by atoms with Crippen molar-refractivity contribution < 1.29 is 22.7 Å². The van der Waals surface area contributed by atoms with Gasteiger partial charge in [-0.1, -0.05) is 0 Å². The Kier molecular flexibility index (Phi) is 4.88. The lowest BCUT2D eigenvalue weighted by atomic mass is 10.3. The van der Waals surface area contributed by atoms with E-state index in [4.69, 9.17) is 4.74 Å². The van der Waals surface area contributed by atoms with Gasteiger partial charge in [0.25, 0.3) is 0 Å². The standard InChI is InChI=1S/C9H11F3N2O2S/c1-16-4-2-3-7(15)14-8-13-6(5-17-8)9(10,11)12/h5H,2-4H2,1H3,(H,13,14,15). The SMILES string of the molecule is COCCCC(=O)Nc1nc(C(F)(F)F)cs1. The van der Waals surface area contributed by atoms with Crippen molar-refractivity contribution in [1.82, 2.24) is 4.98 Å². The van der Waals surface area contributed by atoms with Crippen molar-refractivity contribution in [1.29, 1.82) is 0 Å². The van der Waals surface area contributed by atoms with E-state index < -0.39 is 11.9 Å². The first-order chi connectivity index (χ1) is 7.93. The van der Waals surface area contributed by atoms with Gasteiger partial charge in [0.15, 0.2) is 10.8 Å². The first-order valence-corrected chi connectivity index (χ1v) is 5.63. The van der Waals surface area contributed by atoms with Crippen LogP contribution in [-0.4, -0.2) is 24.6 Å². The summed E-state index contributed by atoms with van der Waals surface area (Å²) in [7, 11) is 1.51. The van der Waals surface area contributed by atoms with E-state index in [0.29, 0.717) is 13.0 Å². The maximum absolute atomic E-state index is 12.2. The summed E-state index contributed by atoms with van der Waals surface area (Å²) in [5.74, 6) is -0.370. The molecule has 1 amide bonds. The second-order valence-corrected chi connectivity index (χ2v) is 4.04. The molecule has 0 aliphatic carbocycles. The fraction of sp³-hybridized carbons (Fsp3) is 0.556. The number of anilines is 1. The Balaban J connectivity index is 2.46. The highest BCUT2D eigenvalue weighted by molar-refractivity contribution is 7.13. The summed E-state index contributed by atoms with van der Waals surface area (Å²) in [6, 6.07) is 0. The van der Waals surface area contributed by atoms with E-state index in [-0.39, 0.29) is 17.5 Å². The lowest BCUT2D eigenvalue weighted by Gasteiger charge is -2.02. The molecule has 8 heteroatoms. The topological polar surface area (TPSA) is 51.2 Å². The maximum Gasteiger partial charge on any atom is 0.434 e. The number of nitrogens with one attached hydrogen (secondary N) is 1. The lowest BCUT2D eigenvalue weighted by Crippen LogP contribution is -2.12. The number of alkyl halides is 3. The third kappa shape index (κ3) is 4.70. The summed E-state index contributed by atoms with van der Waals surface area (Å²) in [6.07, 6.45) is -3.77. The number of hydrogen-bond donors (Lipinski definition) is 1. The van der Waals surface area contributed by atoms with Crippen LogP contribution in [0.1, 0.15) is 18.5 Å². The summed E-state index contributed by atoms with van der Waals surface area (Å²) in [5, 5.41) is 3.13. The van der Waals surface area contributed by atoms with Crippen LogP contribution in [0, 0.1) is 0 Å². The molecule has 1 heterocycles. The zero-order valence-corrected chi connectivity index (χ0v) is 9.82. The lowest BCUT2D eigenvalue weighted by molar-refractivity contribution is -0.140. The molecule has 0 saturated carbocycles. The number of carbonyl (C=O) groups is 1. The third-order valence-corrected chi connectivity index (χ3v) is 2.55. The van der Waals surface area contributed by atoms with Gasteiger partial charge in [0.05, 0.1) is 0 Å². The summed E-state index contributed by atoms with van der Waals surface area (Å²) in [6.45, 7) is 0.430. The van der Waals surface area contributed by atoms with E-state index in [1.807, 2.05) is 0 Å². The second-order valence-electron chi connectivity index (χ2n) is 3.18. The van der Waals surface area contributed by atoms with Gasteiger partial charge < -0.3 is 10.1 Å². The van der Waals surface area contributed by atoms with Crippen molar-refractivity contribution in [2.75, 3.05) is 19.0 Å². The molecule has 17 heavy (non-hydrogen) atoms. The Hall–Kier alpha value is -1.15. The van der Waals surface area contributed by atoms with Crippen LogP contribution in [0.25, 0.3) is 0 Å². The minimum absolute atomic E-state index is 0.0419. The van der Waals surface area contributed by atoms with Crippen molar-refractivity contribution in [2.24, 2.45) is 0 Å². The minimum atomic E-state index is -4.48. The molecule has 1 aromatic heterocycles. The Morgan fingerprint density at radius 2 is 2.29 bits per heavy atom. The van der Waals surface area contributed by atoms with Gasteiger partial charge in [-0.25, -0.2) is 4.98 Å². The van der Waals surface area contributed by atoms with Crippen molar-refractivity contribution in [3.8, 4) is 0 Å². The smallest absolute Gasteiger partial charge is 0.385 e. The van der Waals surface area contributed by atoms with Gasteiger partial charge in [-0.15, -0.1) is 11.3 Å². The Labute approximate surface area is 99.8 Å². The number of aromatic nitrogens is 1. The number of rotatable bonds is 5. The number of thiazole rings is 1. The monoisotopic (exact) mass is 268 g/mol. The molecule has 0 saturated heterocycles. The van der Waals surface area contributed by atoms with E-state index in [0.717, 1.165) is 16.7 Å². The Bertz CT molecular complexity index is 379. The predicted molar refractivity (Wildman–Crippen MR) is 56.9 cm³/mol. The van der Waals surface area contributed by atoms with Crippen molar-refractivity contribution in [3.63, 3.8) is 0 Å². The van der Waals surface area contributed by atoms with Crippen LogP contribution in [0.15, 0.2) is 5.38 Å². The molecule has 0 unspecified atom stereocenters. The molecule has 1 rings (SSSR count). The molecule has 4 nitrogen and oxygen atoms in total. The fourth-order valence-corrected chi connectivity index (χ4v) is 1.75. The summed E-state index contributed by atoms with van der Waals surface area (Å²) < 4.78 is 41.4. The normalized spacial score (nSPS) is 11.5. The maximum atomic E-state index is 12.2. The number of methoxy groups -OCH3 is 1. The van der Waals surface area contributed by atoms with E-state index in [9.17, 15) is 18.0 Å². The van der Waals surface area contributed by atoms with E-state index in [1.165, 1.54) is 7.11 Å². The molecule has 0 radical (unpaired) electrons. The van der Waals surface area contributed by atoms with Crippen molar-refractivity contribution in [2.45, 2.75) is 19.0 Å². The molecule has 0 bridgehead atoms. The van der Waals surface area contributed by atoms with E-state index in [1.54, 1.807) is 0 Å². The number of halogens is 3. The number of amides is 1. The van der Waals surface area contributed by atoms with Gasteiger partial charge in [0, 0.05) is 25.5 Å². The van der Waals surface area contributed by atoms with Crippen molar-refractivity contribution in [3.05, 3.63) is 11.1 Å². The van der Waals surface area contributed by atoms with Gasteiger partial charge in [-0.3, -0.25) is 4.79 Å². The Morgan fingerprint density at radius 1 is 1.59 bits per heavy atom. The zero-order valence-electron chi connectivity index (χ0n) is 9.00. The molecule has 96 valence electrons. The van der Waals surface area contributed by atoms with Gasteiger partial charge in [-0.05, 0) is 6.42 Å². The molecule has 0 aliphatic rings. The van der Waals surface area contributed by atoms with E-state index in [2.05, 4.69) is 10.3 Å². The highest BCUT2D eigenvalue weighted by atomic mass is 32.1. The third-order valence-electron chi connectivity index (χ3n) is 1.79. The molecule has 0 aromatic carbocycles. The highest BCUT2D eigenvalue weighted by Gasteiger charge is 2.33. The largest absolute Gasteiger partial charge is 0.434 e. The van der Waals surface area contributed by atoms with Gasteiger partial charge in [0.1, 0.15) is 0 Å². The summed E-state index contributed by atoms with van der Waals surface area (Å²) >= 11 is 0.750. The average Bonchev–Trinajstić information content (AvgIpc) is 2.66. The van der Waals surface area contributed by atoms with Gasteiger partial charge in [0.2, 0.25) is 5.91 Å². The fourth-order valence-electron chi connectivity index (χ4n) is 1.02. The molecule has 1 N–H and O–H groups in total. The number of carbonyl (C=O) groups excluding carboxylic acids is 1. The molecular formula is C9H11F3N2O2S. The van der Waals surface area contributed by atoms with Crippen LogP contribution in [-0.2, 0) is 15.7 Å². The van der Waals surface area contributed by atoms with Crippen LogP contribution < -0.4 is 5.32 Å². The first-order valence-electron chi connectivity index (χ1n) is 4.75. The molecule has 0 spiro atoms. The second kappa shape index (κ2) is 5.97. The molecule has 0 atom stereocenters. The van der Waals surface area contributed by atoms with Gasteiger partial charge in [-0.2, -0.15) is 13.2 Å². The first kappa shape index (κ1) is 13.9. The molecule has 0 fully saturated rings. The molecular weight excluding hydrogens is 257 g/mol. The predicted octanol–water partition coefficient (Wildman–Crippen LogP) is 2.53. The molecule has 0 aliphatic heterocycles. The Morgan fingerprint density at radius 3 is 2.82 bits per heavy atom. The zero-order chi connectivity index (χ0) is 12.9. The molecule has 1 aromatic rings. The number of nitrogens with zero attached hydrogens (tertiary/aromatic N) is 1. The van der Waals surface area contributed by atoms with Crippen LogP contribution in [0.4, 0.5) is 18.3 Å². The van der Waals surface area contributed by atoms with Crippen LogP contribution in [0.3, 0.4) is 0 Å². The van der Waals surface area contributed by atoms with Gasteiger partial charge >= 0.3 is 6.18 Å². The quantitative estimate of drug-likeness (QED) is 0.835. The van der Waals surface area contributed by atoms with Crippen molar-refractivity contribution >= 4 is 22.4 Å². The average molecular weight is 268 g/mol.